The molecule has 0 spiro atoms. The fourth-order valence-electron chi connectivity index (χ4n) is 3.45. The first-order valence-electron chi connectivity index (χ1n) is 8.92. The molecule has 3 aromatic carbocycles. The van der Waals surface area contributed by atoms with Crippen LogP contribution in [0.15, 0.2) is 91.0 Å². The van der Waals surface area contributed by atoms with Gasteiger partial charge in [-0.1, -0.05) is 78.9 Å². The molecule has 3 aromatic rings. The standard InChI is InChI=1S/C23H21NO2/c25-23(26-21-14-8-3-9-15-21)20-16-24(17-20)22(18-10-4-1-5-11-18)19-12-6-2-7-13-19/h1-15,20,22H,16-17H2. The van der Waals surface area contributed by atoms with Crippen LogP contribution in [-0.2, 0) is 4.79 Å². The van der Waals surface area contributed by atoms with Crippen LogP contribution in [0, 0.1) is 5.92 Å². The molecule has 26 heavy (non-hydrogen) atoms. The molecule has 130 valence electrons. The number of para-hydroxylation sites is 1. The van der Waals surface area contributed by atoms with E-state index >= 15 is 0 Å². The second-order valence-electron chi connectivity index (χ2n) is 6.61. The van der Waals surface area contributed by atoms with E-state index in [4.69, 9.17) is 4.74 Å². The van der Waals surface area contributed by atoms with Crippen LogP contribution in [0.2, 0.25) is 0 Å². The molecular weight excluding hydrogens is 322 g/mol. The maximum absolute atomic E-state index is 12.4. The zero-order chi connectivity index (χ0) is 17.8. The highest BCUT2D eigenvalue weighted by Crippen LogP contribution is 2.34. The number of nitrogens with zero attached hydrogens (tertiary/aromatic N) is 1. The largest absolute Gasteiger partial charge is 0.426 e. The van der Waals surface area contributed by atoms with Crippen molar-refractivity contribution in [3.63, 3.8) is 0 Å². The smallest absolute Gasteiger partial charge is 0.316 e. The van der Waals surface area contributed by atoms with Gasteiger partial charge in [-0.3, -0.25) is 9.69 Å². The van der Waals surface area contributed by atoms with Crippen LogP contribution in [0.3, 0.4) is 0 Å². The Morgan fingerprint density at radius 3 is 1.73 bits per heavy atom. The Morgan fingerprint density at radius 1 is 0.769 bits per heavy atom. The first-order chi connectivity index (χ1) is 12.8. The number of carbonyl (C=O) groups excluding carboxylic acids is 1. The van der Waals surface area contributed by atoms with Crippen LogP contribution < -0.4 is 4.74 Å². The summed E-state index contributed by atoms with van der Waals surface area (Å²) in [4.78, 5) is 14.7. The summed E-state index contributed by atoms with van der Waals surface area (Å²) >= 11 is 0. The highest BCUT2D eigenvalue weighted by Gasteiger charge is 2.39. The molecule has 0 aliphatic carbocycles. The molecule has 0 saturated carbocycles. The molecule has 0 unspecified atom stereocenters. The van der Waals surface area contributed by atoms with Gasteiger partial charge < -0.3 is 4.74 Å². The van der Waals surface area contributed by atoms with Crippen molar-refractivity contribution in [3.05, 3.63) is 102 Å². The Kier molecular flexibility index (Phi) is 4.80. The summed E-state index contributed by atoms with van der Waals surface area (Å²) in [5.41, 5.74) is 2.49. The third-order valence-corrected chi connectivity index (χ3v) is 4.80. The number of rotatable bonds is 5. The molecule has 4 rings (SSSR count). The van der Waals surface area contributed by atoms with E-state index < -0.39 is 0 Å². The van der Waals surface area contributed by atoms with E-state index in [1.807, 2.05) is 42.5 Å². The van der Waals surface area contributed by atoms with Crippen LogP contribution in [-0.4, -0.2) is 24.0 Å². The average Bonchev–Trinajstić information content (AvgIpc) is 2.66. The molecular formula is C23H21NO2. The first kappa shape index (κ1) is 16.6. The molecule has 3 nitrogen and oxygen atoms in total. The second-order valence-corrected chi connectivity index (χ2v) is 6.61. The van der Waals surface area contributed by atoms with E-state index in [1.165, 1.54) is 11.1 Å². The average molecular weight is 343 g/mol. The van der Waals surface area contributed by atoms with Gasteiger partial charge in [0.05, 0.1) is 12.0 Å². The highest BCUT2D eigenvalue weighted by molar-refractivity contribution is 5.76. The topological polar surface area (TPSA) is 29.5 Å². The van der Waals surface area contributed by atoms with Gasteiger partial charge in [-0.2, -0.15) is 0 Å². The molecule has 1 aliphatic heterocycles. The molecule has 1 aliphatic rings. The maximum atomic E-state index is 12.4. The lowest BCUT2D eigenvalue weighted by molar-refractivity contribution is -0.145. The molecule has 0 radical (unpaired) electrons. The zero-order valence-corrected chi connectivity index (χ0v) is 14.5. The summed E-state index contributed by atoms with van der Waals surface area (Å²) in [7, 11) is 0. The number of carbonyl (C=O) groups is 1. The molecule has 1 fully saturated rings. The first-order valence-corrected chi connectivity index (χ1v) is 8.92. The summed E-state index contributed by atoms with van der Waals surface area (Å²) in [6.07, 6.45) is 0. The monoisotopic (exact) mass is 343 g/mol. The van der Waals surface area contributed by atoms with Gasteiger partial charge in [-0.05, 0) is 23.3 Å². The maximum Gasteiger partial charge on any atom is 0.316 e. The van der Waals surface area contributed by atoms with Gasteiger partial charge in [-0.15, -0.1) is 0 Å². The minimum Gasteiger partial charge on any atom is -0.426 e. The Balaban J connectivity index is 1.47. The van der Waals surface area contributed by atoms with Crippen molar-refractivity contribution in [1.82, 2.24) is 4.90 Å². The van der Waals surface area contributed by atoms with Gasteiger partial charge >= 0.3 is 5.97 Å². The lowest BCUT2D eigenvalue weighted by atomic mass is 9.90. The van der Waals surface area contributed by atoms with Gasteiger partial charge in [0.25, 0.3) is 0 Å². The van der Waals surface area contributed by atoms with E-state index in [9.17, 15) is 4.79 Å². The van der Waals surface area contributed by atoms with Crippen LogP contribution in [0.5, 0.6) is 5.75 Å². The summed E-state index contributed by atoms with van der Waals surface area (Å²) in [5, 5.41) is 0. The molecule has 1 heterocycles. The number of benzene rings is 3. The van der Waals surface area contributed by atoms with Gasteiger partial charge in [0.2, 0.25) is 0 Å². The Labute approximate surface area is 153 Å². The summed E-state index contributed by atoms with van der Waals surface area (Å²) in [6, 6.07) is 30.3. The van der Waals surface area contributed by atoms with Crippen molar-refractivity contribution in [3.8, 4) is 5.75 Å². The molecule has 0 N–H and O–H groups in total. The lowest BCUT2D eigenvalue weighted by Crippen LogP contribution is -2.53. The fourth-order valence-corrected chi connectivity index (χ4v) is 3.45. The van der Waals surface area contributed by atoms with E-state index in [0.29, 0.717) is 18.8 Å². The normalized spacial score (nSPS) is 14.8. The third kappa shape index (κ3) is 3.53. The molecule has 1 saturated heterocycles. The quantitative estimate of drug-likeness (QED) is 0.511. The Morgan fingerprint density at radius 2 is 1.23 bits per heavy atom. The van der Waals surface area contributed by atoms with Gasteiger partial charge in [0.15, 0.2) is 0 Å². The molecule has 3 heteroatoms. The van der Waals surface area contributed by atoms with Crippen molar-refractivity contribution < 1.29 is 9.53 Å². The second kappa shape index (κ2) is 7.54. The van der Waals surface area contributed by atoms with Crippen LogP contribution in [0.25, 0.3) is 0 Å². The minimum absolute atomic E-state index is 0.0786. The summed E-state index contributed by atoms with van der Waals surface area (Å²) < 4.78 is 5.49. The number of hydrogen-bond donors (Lipinski definition) is 0. The third-order valence-electron chi connectivity index (χ3n) is 4.80. The number of ether oxygens (including phenoxy) is 1. The predicted molar refractivity (Wildman–Crippen MR) is 102 cm³/mol. The summed E-state index contributed by atoms with van der Waals surface area (Å²) in [6.45, 7) is 1.42. The number of likely N-dealkylation sites (tertiary alicyclic amines) is 1. The zero-order valence-electron chi connectivity index (χ0n) is 14.5. The predicted octanol–water partition coefficient (Wildman–Crippen LogP) is 4.31. The minimum atomic E-state index is -0.146. The number of esters is 1. The SMILES string of the molecule is O=C(Oc1ccccc1)C1CN(C(c2ccccc2)c2ccccc2)C1. The van der Waals surface area contributed by atoms with Crippen LogP contribution in [0.1, 0.15) is 17.2 Å². The van der Waals surface area contributed by atoms with Gasteiger partial charge in [-0.25, -0.2) is 0 Å². The molecule has 0 atom stereocenters. The van der Waals surface area contributed by atoms with Crippen LogP contribution in [0.4, 0.5) is 0 Å². The highest BCUT2D eigenvalue weighted by atomic mass is 16.5. The van der Waals surface area contributed by atoms with Gasteiger partial charge in [0.1, 0.15) is 5.75 Å². The van der Waals surface area contributed by atoms with E-state index in [-0.39, 0.29) is 17.9 Å². The number of hydrogen-bond acceptors (Lipinski definition) is 3. The van der Waals surface area contributed by atoms with Gasteiger partial charge in [0, 0.05) is 13.1 Å². The van der Waals surface area contributed by atoms with Crippen molar-refractivity contribution in [2.45, 2.75) is 6.04 Å². The Hall–Kier alpha value is -2.91. The van der Waals surface area contributed by atoms with E-state index in [0.717, 1.165) is 0 Å². The van der Waals surface area contributed by atoms with Crippen molar-refractivity contribution in [2.75, 3.05) is 13.1 Å². The molecule has 0 aromatic heterocycles. The van der Waals surface area contributed by atoms with Crippen molar-refractivity contribution >= 4 is 5.97 Å². The molecule has 0 bridgehead atoms. The van der Waals surface area contributed by atoms with Crippen molar-refractivity contribution in [2.24, 2.45) is 5.92 Å². The van der Waals surface area contributed by atoms with E-state index in [2.05, 4.69) is 53.4 Å². The van der Waals surface area contributed by atoms with Crippen LogP contribution >= 0.6 is 0 Å². The fraction of sp³-hybridized carbons (Fsp3) is 0.174. The summed E-state index contributed by atoms with van der Waals surface area (Å²) in [5.74, 6) is 0.385. The van der Waals surface area contributed by atoms with Crippen molar-refractivity contribution in [1.29, 1.82) is 0 Å². The Bertz CT molecular complexity index is 804. The molecule has 0 amide bonds. The lowest BCUT2D eigenvalue weighted by Gasteiger charge is -2.43. The van der Waals surface area contributed by atoms with E-state index in [1.54, 1.807) is 0 Å².